The highest BCUT2D eigenvalue weighted by atomic mass is 14.2. The summed E-state index contributed by atoms with van der Waals surface area (Å²) < 4.78 is 164. The fourth-order valence-electron chi connectivity index (χ4n) is 7.20. The maximum absolute atomic E-state index is 9.74. The van der Waals surface area contributed by atoms with Gasteiger partial charge in [0.1, 0.15) is 0 Å². The molecule has 0 saturated heterocycles. The first kappa shape index (κ1) is 15.4. The van der Waals surface area contributed by atoms with E-state index in [9.17, 15) is 11.0 Å². The Morgan fingerprint density at radius 2 is 0.760 bits per heavy atom. The molecule has 11 aromatic rings. The van der Waals surface area contributed by atoms with E-state index in [-0.39, 0.29) is 86.9 Å². The molecular formula is C50H30. The summed E-state index contributed by atoms with van der Waals surface area (Å²) in [6, 6.07) is 12.0. The summed E-state index contributed by atoms with van der Waals surface area (Å²) >= 11 is 0. The highest BCUT2D eigenvalue weighted by Gasteiger charge is 2.18. The molecule has 0 bridgehead atoms. The zero-order chi connectivity index (χ0) is 48.4. The Balaban J connectivity index is 1.35. The molecule has 0 aromatic heterocycles. The minimum absolute atomic E-state index is 0.0128. The highest BCUT2D eigenvalue weighted by Crippen LogP contribution is 2.45. The molecular weight excluding hydrogens is 601 g/mol. The van der Waals surface area contributed by atoms with Crippen molar-refractivity contribution in [1.29, 1.82) is 0 Å². The molecule has 11 rings (SSSR count). The number of hydrogen-bond acceptors (Lipinski definition) is 0. The second-order valence-corrected chi connectivity index (χ2v) is 12.2. The maximum atomic E-state index is 9.74. The van der Waals surface area contributed by atoms with Crippen LogP contribution < -0.4 is 0 Å². The molecule has 50 heavy (non-hydrogen) atoms. The van der Waals surface area contributed by atoms with E-state index in [4.69, 9.17) is 13.7 Å². The first-order valence-electron chi connectivity index (χ1n) is 25.0. The predicted octanol–water partition coefficient (Wildman–Crippen LogP) is 14.1. The third-order valence-corrected chi connectivity index (χ3v) is 9.48. The van der Waals surface area contributed by atoms with Crippen molar-refractivity contribution >= 4 is 64.6 Å². The lowest BCUT2D eigenvalue weighted by molar-refractivity contribution is 1.57. The molecule has 11 aromatic carbocycles. The number of rotatable bonds is 4. The van der Waals surface area contributed by atoms with Crippen molar-refractivity contribution in [1.82, 2.24) is 0 Å². The Labute approximate surface area is 315 Å². The summed E-state index contributed by atoms with van der Waals surface area (Å²) in [5.41, 5.74) is 2.77. The van der Waals surface area contributed by atoms with Crippen molar-refractivity contribution in [3.8, 4) is 44.5 Å². The van der Waals surface area contributed by atoms with E-state index < -0.39 is 109 Å². The van der Waals surface area contributed by atoms with Crippen LogP contribution in [0.1, 0.15) is 24.7 Å². The molecule has 0 heteroatoms. The molecule has 0 aliphatic carbocycles. The van der Waals surface area contributed by atoms with Gasteiger partial charge in [-0.15, -0.1) is 0 Å². The van der Waals surface area contributed by atoms with Gasteiger partial charge >= 0.3 is 0 Å². The Morgan fingerprint density at radius 1 is 0.280 bits per heavy atom. The summed E-state index contributed by atoms with van der Waals surface area (Å²) in [5.74, 6) is 0. The maximum Gasteiger partial charge on any atom is 0.0630 e. The largest absolute Gasteiger partial charge is 0.0630 e. The molecule has 0 nitrogen and oxygen atoms in total. The van der Waals surface area contributed by atoms with Crippen LogP contribution in [0.25, 0.3) is 109 Å². The van der Waals surface area contributed by atoms with Crippen LogP contribution in [0.3, 0.4) is 0 Å². The third-order valence-electron chi connectivity index (χ3n) is 9.48. The molecule has 0 spiro atoms. The van der Waals surface area contributed by atoms with E-state index in [0.717, 1.165) is 11.1 Å². The molecule has 0 radical (unpaired) electrons. The molecule has 0 heterocycles. The predicted molar refractivity (Wildman–Crippen MR) is 216 cm³/mol. The lowest BCUT2D eigenvalue weighted by atomic mass is 9.84. The van der Waals surface area contributed by atoms with Crippen LogP contribution in [-0.2, 0) is 0 Å². The van der Waals surface area contributed by atoms with Gasteiger partial charge in [0.2, 0.25) is 0 Å². The van der Waals surface area contributed by atoms with Crippen LogP contribution in [0, 0.1) is 0 Å². The fraction of sp³-hybridized carbons (Fsp3) is 0. The molecule has 0 fully saturated rings. The molecule has 0 atom stereocenters. The van der Waals surface area contributed by atoms with E-state index >= 15 is 0 Å². The van der Waals surface area contributed by atoms with Crippen molar-refractivity contribution in [2.75, 3.05) is 0 Å². The Bertz CT molecular complexity index is 4060. The lowest BCUT2D eigenvalue weighted by Gasteiger charge is -2.19. The van der Waals surface area contributed by atoms with Gasteiger partial charge in [0.15, 0.2) is 0 Å². The van der Waals surface area contributed by atoms with Crippen LogP contribution in [-0.4, -0.2) is 0 Å². The van der Waals surface area contributed by atoms with Gasteiger partial charge in [0.05, 0.1) is 24.7 Å². The van der Waals surface area contributed by atoms with Crippen molar-refractivity contribution in [3.63, 3.8) is 0 Å². The van der Waals surface area contributed by atoms with E-state index in [0.29, 0.717) is 11.1 Å². The third kappa shape index (κ3) is 4.00. The second-order valence-electron chi connectivity index (χ2n) is 12.2. The summed E-state index contributed by atoms with van der Waals surface area (Å²) in [6.07, 6.45) is 0. The fourth-order valence-corrected chi connectivity index (χ4v) is 7.20. The first-order chi connectivity index (χ1) is 32.3. The standard InChI is InChI=1S/C50H30/c1-2-7-31(8-3-1)38-13-6-14-39(29-38)42-25-23-40(41-24-19-36-17-15-32-9-4-11-34-21-27-44(41)49(36)47(32)34)30-46(42)43-26-20-37-18-16-33-10-5-12-35-22-28-45(43)50(37)48(33)35/h1-30H/i4D,5D,9D,10D,11D,12D,15D,16D,17D,18D,19D,20D,21D,22D,24D,26D,27D,28D. The minimum atomic E-state index is -0.607. The Hall–Kier alpha value is -6.50. The zero-order valence-corrected chi connectivity index (χ0v) is 25.9. The van der Waals surface area contributed by atoms with Crippen LogP contribution in [0.4, 0.5) is 0 Å². The smallest absolute Gasteiger partial charge is 0.0622 e. The number of benzene rings is 11. The zero-order valence-electron chi connectivity index (χ0n) is 43.9. The van der Waals surface area contributed by atoms with Crippen LogP contribution >= 0.6 is 0 Å². The van der Waals surface area contributed by atoms with Crippen molar-refractivity contribution in [2.24, 2.45) is 0 Å². The Morgan fingerprint density at radius 3 is 1.40 bits per heavy atom. The normalized spacial score (nSPS) is 17.0. The molecule has 0 saturated carbocycles. The van der Waals surface area contributed by atoms with Crippen LogP contribution in [0.5, 0.6) is 0 Å². The van der Waals surface area contributed by atoms with E-state index in [1.165, 1.54) is 0 Å². The molecule has 0 aliphatic heterocycles. The second kappa shape index (κ2) is 10.5. The van der Waals surface area contributed by atoms with Gasteiger partial charge < -0.3 is 0 Å². The van der Waals surface area contributed by atoms with Crippen molar-refractivity contribution in [3.05, 3.63) is 182 Å². The van der Waals surface area contributed by atoms with Gasteiger partial charge in [-0.05, 0) is 121 Å². The van der Waals surface area contributed by atoms with Gasteiger partial charge in [-0.1, -0.05) is 169 Å². The molecule has 0 unspecified atom stereocenters. The monoisotopic (exact) mass is 648 g/mol. The average molecular weight is 649 g/mol. The van der Waals surface area contributed by atoms with Crippen LogP contribution in [0.15, 0.2) is 182 Å². The summed E-state index contributed by atoms with van der Waals surface area (Å²) in [4.78, 5) is 0. The Kier molecular flexibility index (Phi) is 3.23. The van der Waals surface area contributed by atoms with E-state index in [1.54, 1.807) is 24.3 Å². The van der Waals surface area contributed by atoms with Gasteiger partial charge in [-0.25, -0.2) is 0 Å². The number of hydrogen-bond donors (Lipinski definition) is 0. The SMILES string of the molecule is [2H]c1c([2H])c2c([2H])c([2H])c3c([2H])c([2H])c(-c4ccc(-c5cccc(-c6ccccc6)c5)c(-c5c([2H])c([2H])c6c([2H])c([2H])c7c([2H])c([2H])c([2H])c8c([2H])c([2H])c5c6c78)c4)c4c([2H])c([2H])c(c1[2H])c2c34. The topological polar surface area (TPSA) is 0 Å². The quantitative estimate of drug-likeness (QED) is 0.167. The molecule has 0 N–H and O–H groups in total. The van der Waals surface area contributed by atoms with Gasteiger partial charge in [0.25, 0.3) is 0 Å². The van der Waals surface area contributed by atoms with Crippen molar-refractivity contribution < 1.29 is 24.7 Å². The molecule has 0 aliphatic rings. The van der Waals surface area contributed by atoms with Gasteiger partial charge in [0, 0.05) is 0 Å². The summed E-state index contributed by atoms with van der Waals surface area (Å²) in [6.45, 7) is 0. The highest BCUT2D eigenvalue weighted by molar-refractivity contribution is 6.27. The van der Waals surface area contributed by atoms with Gasteiger partial charge in [-0.3, -0.25) is 0 Å². The average Bonchev–Trinajstić information content (AvgIpc) is 3.33. The lowest BCUT2D eigenvalue weighted by Crippen LogP contribution is -1.92. The first-order valence-corrected chi connectivity index (χ1v) is 16.0. The van der Waals surface area contributed by atoms with E-state index in [2.05, 4.69) is 0 Å². The molecule has 230 valence electrons. The van der Waals surface area contributed by atoms with Crippen molar-refractivity contribution in [2.45, 2.75) is 0 Å². The van der Waals surface area contributed by atoms with Gasteiger partial charge in [-0.2, -0.15) is 0 Å². The summed E-state index contributed by atoms with van der Waals surface area (Å²) in [5, 5.41) is -1.62. The minimum Gasteiger partial charge on any atom is -0.0622 e. The summed E-state index contributed by atoms with van der Waals surface area (Å²) in [7, 11) is 0. The van der Waals surface area contributed by atoms with Crippen LogP contribution in [0.2, 0.25) is 0 Å². The molecule has 0 amide bonds. The van der Waals surface area contributed by atoms with E-state index in [1.807, 2.05) is 48.5 Å².